The summed E-state index contributed by atoms with van der Waals surface area (Å²) in [5.41, 5.74) is 3.00. The second-order valence-electron chi connectivity index (χ2n) is 8.67. The van der Waals surface area contributed by atoms with Gasteiger partial charge in [-0.3, -0.25) is 4.90 Å². The highest BCUT2D eigenvalue weighted by atomic mass is 19.4. The third-order valence-electron chi connectivity index (χ3n) is 6.15. The van der Waals surface area contributed by atoms with Crippen LogP contribution in [-0.4, -0.2) is 62.1 Å². The molecule has 1 aliphatic rings. The van der Waals surface area contributed by atoms with Crippen LogP contribution >= 0.6 is 0 Å². The molecule has 1 aromatic heterocycles. The molecule has 0 saturated heterocycles. The molecule has 0 spiro atoms. The van der Waals surface area contributed by atoms with Crippen molar-refractivity contribution in [1.82, 2.24) is 15.2 Å². The monoisotopic (exact) mass is 515 g/mol. The largest absolute Gasteiger partial charge is 0.496 e. The molecule has 0 aliphatic carbocycles. The minimum atomic E-state index is -4.40. The quantitative estimate of drug-likeness (QED) is 0.288. The van der Waals surface area contributed by atoms with Gasteiger partial charge in [0.15, 0.2) is 0 Å². The number of rotatable bonds is 9. The van der Waals surface area contributed by atoms with Gasteiger partial charge in [0, 0.05) is 41.8 Å². The van der Waals surface area contributed by atoms with E-state index in [4.69, 9.17) is 9.47 Å². The van der Waals surface area contributed by atoms with Crippen molar-refractivity contribution in [3.05, 3.63) is 59.3 Å². The fraction of sp³-hybridized carbons (Fsp3) is 0.440. The van der Waals surface area contributed by atoms with Crippen LogP contribution in [0.5, 0.6) is 11.5 Å². The number of aromatic amines is 1. The topological polar surface area (TPSA) is 49.5 Å². The maximum Gasteiger partial charge on any atom is 0.401 e. The van der Waals surface area contributed by atoms with E-state index in [0.29, 0.717) is 29.2 Å². The third kappa shape index (κ3) is 6.25. The third-order valence-corrected chi connectivity index (χ3v) is 6.15. The first-order chi connectivity index (χ1) is 17.1. The Balaban J connectivity index is 1.61. The van der Waals surface area contributed by atoms with Crippen LogP contribution in [-0.2, 0) is 6.42 Å². The molecule has 36 heavy (non-hydrogen) atoms. The molecule has 2 aromatic carbocycles. The lowest BCUT2D eigenvalue weighted by Gasteiger charge is -2.37. The summed E-state index contributed by atoms with van der Waals surface area (Å²) in [6, 6.07) is 11.7. The molecule has 0 fully saturated rings. The summed E-state index contributed by atoms with van der Waals surface area (Å²) < 4.78 is 88.6. The molecule has 0 saturated carbocycles. The maximum absolute atomic E-state index is 13.5. The number of methoxy groups -OCH3 is 1. The molecule has 1 aliphatic heterocycles. The Kier molecular flexibility index (Phi) is 7.70. The number of H-pyrrole nitrogens is 1. The van der Waals surface area contributed by atoms with Crippen molar-refractivity contribution < 1.29 is 35.8 Å². The van der Waals surface area contributed by atoms with Crippen molar-refractivity contribution in [3.63, 3.8) is 0 Å². The zero-order valence-electron chi connectivity index (χ0n) is 19.6. The molecule has 0 amide bonds. The normalized spacial score (nSPS) is 16.8. The lowest BCUT2D eigenvalue weighted by atomic mass is 9.91. The lowest BCUT2D eigenvalue weighted by molar-refractivity contribution is -0.150. The van der Waals surface area contributed by atoms with Crippen LogP contribution in [0.1, 0.15) is 29.3 Å². The first-order valence-corrected chi connectivity index (χ1v) is 11.5. The van der Waals surface area contributed by atoms with E-state index in [1.165, 1.54) is 12.0 Å². The van der Waals surface area contributed by atoms with E-state index in [1.54, 1.807) is 18.2 Å². The van der Waals surface area contributed by atoms with E-state index < -0.39 is 31.4 Å². The number of hydrogen-bond donors (Lipinski definition) is 2. The van der Waals surface area contributed by atoms with Crippen molar-refractivity contribution in [2.24, 2.45) is 0 Å². The van der Waals surface area contributed by atoms with Crippen molar-refractivity contribution in [2.45, 2.75) is 31.2 Å². The molecule has 3 aromatic rings. The Labute approximate surface area is 204 Å². The molecular formula is C25H27F6N3O2. The summed E-state index contributed by atoms with van der Waals surface area (Å²) in [7, 11) is 1.45. The van der Waals surface area contributed by atoms with Crippen LogP contribution in [0, 0.1) is 0 Å². The number of ether oxygens (including phenoxy) is 2. The number of hydrogen-bond acceptors (Lipinski definition) is 4. The zero-order valence-corrected chi connectivity index (χ0v) is 19.6. The van der Waals surface area contributed by atoms with Gasteiger partial charge in [-0.25, -0.2) is 0 Å². The van der Waals surface area contributed by atoms with Crippen molar-refractivity contribution in [1.29, 1.82) is 0 Å². The van der Waals surface area contributed by atoms with Gasteiger partial charge < -0.3 is 19.8 Å². The van der Waals surface area contributed by atoms with E-state index >= 15 is 0 Å². The molecule has 0 unspecified atom stereocenters. The van der Waals surface area contributed by atoms with Gasteiger partial charge in [-0.15, -0.1) is 0 Å². The standard InChI is InChI=1S/C25H27F6N3O2/c1-35-21-7-6-16(36-13-11-32-10-9-24(26,27)28)14-19(21)23-22-18(8-12-34(23)15-25(29,30)31)17-4-2-3-5-20(17)33-22/h2-7,14,23,32-33H,8-13,15H2,1H3/t23-/m1/s1. The first kappa shape index (κ1) is 26.2. The summed E-state index contributed by atoms with van der Waals surface area (Å²) in [6.45, 7) is -0.829. The number of nitrogens with zero attached hydrogens (tertiary/aromatic N) is 1. The van der Waals surface area contributed by atoms with Gasteiger partial charge in [0.2, 0.25) is 0 Å². The second kappa shape index (κ2) is 10.6. The molecule has 1 atom stereocenters. The molecule has 5 nitrogen and oxygen atoms in total. The summed E-state index contributed by atoms with van der Waals surface area (Å²) >= 11 is 0. The molecule has 0 radical (unpaired) electrons. The van der Waals surface area contributed by atoms with Crippen LogP contribution < -0.4 is 14.8 Å². The highest BCUT2D eigenvalue weighted by Gasteiger charge is 2.40. The molecule has 196 valence electrons. The minimum Gasteiger partial charge on any atom is -0.496 e. The number of para-hydroxylation sites is 1. The van der Waals surface area contributed by atoms with Crippen LogP contribution in [0.2, 0.25) is 0 Å². The Hall–Kier alpha value is -2.92. The average molecular weight is 515 g/mol. The Morgan fingerprint density at radius 2 is 1.81 bits per heavy atom. The van der Waals surface area contributed by atoms with Crippen molar-refractivity contribution in [2.75, 3.05) is 39.9 Å². The van der Waals surface area contributed by atoms with Crippen LogP contribution in [0.4, 0.5) is 26.3 Å². The number of halogens is 6. The van der Waals surface area contributed by atoms with Gasteiger partial charge in [0.05, 0.1) is 26.1 Å². The first-order valence-electron chi connectivity index (χ1n) is 11.5. The molecule has 2 heterocycles. The van der Waals surface area contributed by atoms with Gasteiger partial charge in [0.25, 0.3) is 0 Å². The smallest absolute Gasteiger partial charge is 0.401 e. The van der Waals surface area contributed by atoms with E-state index in [1.807, 2.05) is 24.3 Å². The van der Waals surface area contributed by atoms with Gasteiger partial charge in [-0.1, -0.05) is 18.2 Å². The summed E-state index contributed by atoms with van der Waals surface area (Å²) in [4.78, 5) is 4.70. The van der Waals surface area contributed by atoms with Gasteiger partial charge in [-0.05, 0) is 36.2 Å². The fourth-order valence-corrected chi connectivity index (χ4v) is 4.66. The Morgan fingerprint density at radius 1 is 1.03 bits per heavy atom. The van der Waals surface area contributed by atoms with Crippen LogP contribution in [0.25, 0.3) is 10.9 Å². The highest BCUT2D eigenvalue weighted by molar-refractivity contribution is 5.85. The number of aromatic nitrogens is 1. The summed E-state index contributed by atoms with van der Waals surface area (Å²) in [5.74, 6) is 0.799. The van der Waals surface area contributed by atoms with Gasteiger partial charge >= 0.3 is 12.4 Å². The molecular weight excluding hydrogens is 488 g/mol. The molecule has 0 bridgehead atoms. The van der Waals surface area contributed by atoms with E-state index in [9.17, 15) is 26.3 Å². The predicted molar refractivity (Wildman–Crippen MR) is 124 cm³/mol. The van der Waals surface area contributed by atoms with Crippen molar-refractivity contribution in [3.8, 4) is 11.5 Å². The maximum atomic E-state index is 13.5. The van der Waals surface area contributed by atoms with Gasteiger partial charge in [-0.2, -0.15) is 26.3 Å². The number of benzene rings is 2. The predicted octanol–water partition coefficient (Wildman–Crippen LogP) is 5.61. The van der Waals surface area contributed by atoms with Crippen molar-refractivity contribution >= 4 is 10.9 Å². The zero-order chi connectivity index (χ0) is 25.9. The summed E-state index contributed by atoms with van der Waals surface area (Å²) in [6.07, 6.45) is -9.11. The van der Waals surface area contributed by atoms with Crippen LogP contribution in [0.15, 0.2) is 42.5 Å². The van der Waals surface area contributed by atoms with E-state index in [0.717, 1.165) is 16.5 Å². The minimum absolute atomic E-state index is 0.0954. The molecule has 2 N–H and O–H groups in total. The Morgan fingerprint density at radius 3 is 2.53 bits per heavy atom. The van der Waals surface area contributed by atoms with E-state index in [-0.39, 0.29) is 26.2 Å². The second-order valence-corrected chi connectivity index (χ2v) is 8.67. The number of alkyl halides is 6. The molecule has 11 heteroatoms. The average Bonchev–Trinajstić information content (AvgIpc) is 3.18. The SMILES string of the molecule is COc1ccc(OCCNCCC(F)(F)F)cc1[C@@H]1c2[nH]c3ccccc3c2CCN1CC(F)(F)F. The van der Waals surface area contributed by atoms with Gasteiger partial charge in [0.1, 0.15) is 18.1 Å². The number of nitrogens with one attached hydrogen (secondary N) is 2. The fourth-order valence-electron chi connectivity index (χ4n) is 4.66. The summed E-state index contributed by atoms with van der Waals surface area (Å²) in [5, 5.41) is 3.64. The highest BCUT2D eigenvalue weighted by Crippen LogP contribution is 2.43. The number of fused-ring (bicyclic) bond motifs is 3. The Bertz CT molecular complexity index is 1170. The molecule has 4 rings (SSSR count). The van der Waals surface area contributed by atoms with E-state index in [2.05, 4.69) is 10.3 Å². The lowest BCUT2D eigenvalue weighted by Crippen LogP contribution is -2.42. The van der Waals surface area contributed by atoms with Crippen LogP contribution in [0.3, 0.4) is 0 Å².